The highest BCUT2D eigenvalue weighted by Crippen LogP contribution is 2.26. The van der Waals surface area contributed by atoms with Gasteiger partial charge in [0.1, 0.15) is 5.60 Å². The first-order valence-corrected chi connectivity index (χ1v) is 8.51. The quantitative estimate of drug-likeness (QED) is 0.560. The molecule has 1 aliphatic rings. The molecule has 0 saturated carbocycles. The zero-order valence-corrected chi connectivity index (χ0v) is 15.2. The fourth-order valence-corrected chi connectivity index (χ4v) is 2.76. The maximum atomic E-state index is 12.6. The van der Waals surface area contributed by atoms with E-state index in [1.54, 1.807) is 45.0 Å². The van der Waals surface area contributed by atoms with Crippen LogP contribution in [0.15, 0.2) is 24.3 Å². The molecule has 1 aromatic carbocycles. The van der Waals surface area contributed by atoms with Crippen LogP contribution in [0.1, 0.15) is 61.3 Å². The van der Waals surface area contributed by atoms with Gasteiger partial charge < -0.3 is 9.47 Å². The molecule has 6 nitrogen and oxygen atoms in total. The minimum Gasteiger partial charge on any atom is -0.460 e. The second-order valence-electron chi connectivity index (χ2n) is 6.96. The van der Waals surface area contributed by atoms with Crippen molar-refractivity contribution in [1.82, 2.24) is 4.90 Å². The minimum atomic E-state index is -0.567. The minimum absolute atomic E-state index is 0.114. The van der Waals surface area contributed by atoms with Crippen molar-refractivity contribution in [2.75, 3.05) is 13.2 Å². The molecule has 1 aliphatic heterocycles. The average molecular weight is 347 g/mol. The highest BCUT2D eigenvalue weighted by Gasteiger charge is 2.39. The molecule has 0 aromatic heterocycles. The Morgan fingerprint density at radius 2 is 1.68 bits per heavy atom. The van der Waals surface area contributed by atoms with Gasteiger partial charge in [-0.05, 0) is 46.2 Å². The van der Waals surface area contributed by atoms with Gasteiger partial charge in [-0.2, -0.15) is 0 Å². The molecule has 25 heavy (non-hydrogen) atoms. The van der Waals surface area contributed by atoms with Gasteiger partial charge in [-0.25, -0.2) is 0 Å². The second-order valence-corrected chi connectivity index (χ2v) is 6.96. The third-order valence-electron chi connectivity index (χ3n) is 3.81. The van der Waals surface area contributed by atoms with Crippen LogP contribution in [0, 0.1) is 0 Å². The third kappa shape index (κ3) is 4.66. The van der Waals surface area contributed by atoms with Crippen molar-refractivity contribution < 1.29 is 23.9 Å². The number of hydrogen-bond donors (Lipinski definition) is 0. The van der Waals surface area contributed by atoms with Crippen molar-refractivity contribution in [2.24, 2.45) is 0 Å². The summed E-state index contributed by atoms with van der Waals surface area (Å²) in [6.07, 6.45) is 0.419. The van der Waals surface area contributed by atoms with Crippen LogP contribution in [0.4, 0.5) is 0 Å². The molecule has 136 valence electrons. The molecule has 0 saturated heterocycles. The lowest BCUT2D eigenvalue weighted by atomic mass is 10.1. The van der Waals surface area contributed by atoms with Crippen molar-refractivity contribution in [3.8, 4) is 0 Å². The first kappa shape index (κ1) is 19.1. The van der Waals surface area contributed by atoms with Crippen molar-refractivity contribution in [3.63, 3.8) is 0 Å². The fraction of sp³-hybridized carbons (Fsp3) is 0.526. The Kier molecular flexibility index (Phi) is 5.95. The third-order valence-corrected chi connectivity index (χ3v) is 3.81. The maximum Gasteiger partial charge on any atom is 0.306 e. The highest BCUT2D eigenvalue weighted by molar-refractivity contribution is 6.21. The van der Waals surface area contributed by atoms with Crippen LogP contribution in [0.2, 0.25) is 0 Å². The van der Waals surface area contributed by atoms with Crippen LogP contribution in [0.25, 0.3) is 0 Å². The van der Waals surface area contributed by atoms with E-state index in [0.717, 1.165) is 0 Å². The predicted octanol–water partition coefficient (Wildman–Crippen LogP) is 2.81. The molecule has 0 spiro atoms. The van der Waals surface area contributed by atoms with Gasteiger partial charge in [0.25, 0.3) is 11.8 Å². The van der Waals surface area contributed by atoms with Gasteiger partial charge in [-0.1, -0.05) is 12.1 Å². The lowest BCUT2D eigenvalue weighted by Crippen LogP contribution is -2.43. The smallest absolute Gasteiger partial charge is 0.306 e. The summed E-state index contributed by atoms with van der Waals surface area (Å²) < 4.78 is 10.7. The maximum absolute atomic E-state index is 12.6. The zero-order valence-electron chi connectivity index (χ0n) is 15.2. The van der Waals surface area contributed by atoms with Crippen molar-refractivity contribution >= 4 is 17.8 Å². The van der Waals surface area contributed by atoms with Gasteiger partial charge in [0.05, 0.1) is 23.8 Å². The molecule has 1 unspecified atom stereocenters. The van der Waals surface area contributed by atoms with E-state index in [9.17, 15) is 14.4 Å². The Morgan fingerprint density at radius 1 is 1.12 bits per heavy atom. The number of nitrogens with zero attached hydrogens (tertiary/aromatic N) is 1. The number of imide groups is 1. The molecule has 6 heteroatoms. The number of ether oxygens (including phenoxy) is 2. The molecule has 2 amide bonds. The summed E-state index contributed by atoms with van der Waals surface area (Å²) in [5.41, 5.74) is 0.222. The van der Waals surface area contributed by atoms with E-state index in [1.807, 2.05) is 6.92 Å². The van der Waals surface area contributed by atoms with E-state index in [-0.39, 0.29) is 30.8 Å². The van der Waals surface area contributed by atoms with Crippen LogP contribution in [-0.4, -0.2) is 47.5 Å². The van der Waals surface area contributed by atoms with Crippen molar-refractivity contribution in [1.29, 1.82) is 0 Å². The highest BCUT2D eigenvalue weighted by atomic mass is 16.6. The van der Waals surface area contributed by atoms with Gasteiger partial charge in [-0.15, -0.1) is 0 Å². The zero-order chi connectivity index (χ0) is 18.6. The van der Waals surface area contributed by atoms with Crippen molar-refractivity contribution in [3.05, 3.63) is 35.4 Å². The lowest BCUT2D eigenvalue weighted by Gasteiger charge is -2.26. The van der Waals surface area contributed by atoms with E-state index in [4.69, 9.17) is 9.47 Å². The Labute approximate surface area is 148 Å². The Bertz CT molecular complexity index is 627. The summed E-state index contributed by atoms with van der Waals surface area (Å²) >= 11 is 0. The van der Waals surface area contributed by atoms with Crippen LogP contribution >= 0.6 is 0 Å². The van der Waals surface area contributed by atoms with E-state index in [1.165, 1.54) is 4.90 Å². The first-order valence-electron chi connectivity index (χ1n) is 8.51. The molecule has 2 rings (SSSR count). The lowest BCUT2D eigenvalue weighted by molar-refractivity contribution is -0.155. The number of esters is 1. The van der Waals surface area contributed by atoms with E-state index < -0.39 is 11.6 Å². The Hall–Kier alpha value is -2.21. The molecule has 1 atom stereocenters. The Morgan fingerprint density at radius 3 is 2.16 bits per heavy atom. The van der Waals surface area contributed by atoms with Crippen molar-refractivity contribution in [2.45, 2.75) is 52.2 Å². The number of fused-ring (bicyclic) bond motifs is 1. The molecule has 0 bridgehead atoms. The number of benzene rings is 1. The van der Waals surface area contributed by atoms with Gasteiger partial charge in [0.2, 0.25) is 0 Å². The largest absolute Gasteiger partial charge is 0.460 e. The molecule has 0 N–H and O–H groups in total. The topological polar surface area (TPSA) is 72.9 Å². The molecule has 0 fully saturated rings. The summed E-state index contributed by atoms with van der Waals surface area (Å²) in [7, 11) is 0. The van der Waals surface area contributed by atoms with Gasteiger partial charge in [-0.3, -0.25) is 19.3 Å². The van der Waals surface area contributed by atoms with Crippen LogP contribution in [-0.2, 0) is 14.3 Å². The number of carbonyl (C=O) groups excluding carboxylic acids is 3. The second kappa shape index (κ2) is 7.78. The number of amides is 2. The molecule has 1 aromatic rings. The fourth-order valence-electron chi connectivity index (χ4n) is 2.76. The van der Waals surface area contributed by atoms with Gasteiger partial charge in [0.15, 0.2) is 0 Å². The van der Waals surface area contributed by atoms with Crippen LogP contribution in [0.3, 0.4) is 0 Å². The summed E-state index contributed by atoms with van der Waals surface area (Å²) in [6.45, 7) is 7.90. The number of rotatable bonds is 7. The summed E-state index contributed by atoms with van der Waals surface area (Å²) in [5, 5.41) is 0. The normalized spacial score (nSPS) is 15.3. The monoisotopic (exact) mass is 347 g/mol. The Balaban J connectivity index is 2.11. The van der Waals surface area contributed by atoms with E-state index in [0.29, 0.717) is 24.2 Å². The van der Waals surface area contributed by atoms with Crippen LogP contribution in [0.5, 0.6) is 0 Å². The van der Waals surface area contributed by atoms with E-state index >= 15 is 0 Å². The first-order chi connectivity index (χ1) is 11.7. The molecular weight excluding hydrogens is 322 g/mol. The molecule has 0 aliphatic carbocycles. The predicted molar refractivity (Wildman–Crippen MR) is 92.3 cm³/mol. The SMILES string of the molecule is CCOCC(CCC(=O)OC(C)(C)C)N1C(=O)c2ccccc2C1=O. The molecular formula is C19H25NO5. The summed E-state index contributed by atoms with van der Waals surface area (Å²) in [5.74, 6) is -1.03. The average Bonchev–Trinajstić information content (AvgIpc) is 2.78. The number of hydrogen-bond acceptors (Lipinski definition) is 5. The van der Waals surface area contributed by atoms with Gasteiger partial charge in [0, 0.05) is 13.0 Å². The van der Waals surface area contributed by atoms with Gasteiger partial charge >= 0.3 is 5.97 Å². The van der Waals surface area contributed by atoms with Crippen LogP contribution < -0.4 is 0 Å². The summed E-state index contributed by atoms with van der Waals surface area (Å²) in [6, 6.07) is 6.24. The number of carbonyl (C=O) groups is 3. The summed E-state index contributed by atoms with van der Waals surface area (Å²) in [4.78, 5) is 38.4. The molecule has 1 heterocycles. The van der Waals surface area contributed by atoms with E-state index in [2.05, 4.69) is 0 Å². The standard InChI is InChI=1S/C19H25NO5/c1-5-24-12-13(10-11-16(21)25-19(2,3)4)20-17(22)14-8-6-7-9-15(14)18(20)23/h6-9,13H,5,10-12H2,1-4H3. The molecule has 0 radical (unpaired) electrons.